The Bertz CT molecular complexity index is 880. The molecule has 2 heterocycles. The Morgan fingerprint density at radius 1 is 0.958 bits per heavy atom. The number of benzene rings is 2. The number of carbonyl (C=O) groups excluding carboxylic acids is 1. The fourth-order valence-electron chi connectivity index (χ4n) is 3.57. The van der Waals surface area contributed by atoms with E-state index in [1.54, 1.807) is 30.3 Å². The molecule has 1 saturated heterocycles. The van der Waals surface area contributed by atoms with Gasteiger partial charge in [-0.15, -0.1) is 0 Å². The molecule has 0 saturated carbocycles. The van der Waals surface area contributed by atoms with Crippen molar-refractivity contribution in [1.82, 2.24) is 9.21 Å². The van der Waals surface area contributed by atoms with Crippen molar-refractivity contribution in [1.29, 1.82) is 0 Å². The summed E-state index contributed by atoms with van der Waals surface area (Å²) in [4.78, 5) is 14.6. The fourth-order valence-corrected chi connectivity index (χ4v) is 4.99. The zero-order valence-corrected chi connectivity index (χ0v) is 13.9. The number of amides is 1. The first kappa shape index (κ1) is 15.4. The largest absolute Gasteiger partial charge is 0.333 e. The van der Waals surface area contributed by atoms with E-state index >= 15 is 0 Å². The molecule has 24 heavy (non-hydrogen) atoms. The van der Waals surface area contributed by atoms with Crippen LogP contribution in [-0.2, 0) is 21.2 Å². The van der Waals surface area contributed by atoms with Gasteiger partial charge in [0.25, 0.3) is 0 Å². The monoisotopic (exact) mass is 342 g/mol. The van der Waals surface area contributed by atoms with Crippen LogP contribution in [-0.4, -0.2) is 43.2 Å². The number of piperazine rings is 1. The van der Waals surface area contributed by atoms with Crippen molar-refractivity contribution in [3.8, 4) is 0 Å². The summed E-state index contributed by atoms with van der Waals surface area (Å²) in [5.41, 5.74) is 2.26. The molecule has 2 aromatic carbocycles. The van der Waals surface area contributed by atoms with E-state index < -0.39 is 10.0 Å². The minimum Gasteiger partial charge on any atom is -0.333 e. The third-order valence-electron chi connectivity index (χ3n) is 4.80. The minimum atomic E-state index is -3.66. The predicted molar refractivity (Wildman–Crippen MR) is 89.8 cm³/mol. The Morgan fingerprint density at radius 2 is 1.67 bits per heavy atom. The summed E-state index contributed by atoms with van der Waals surface area (Å²) in [5, 5.41) is 0. The van der Waals surface area contributed by atoms with Crippen LogP contribution < -0.4 is 0 Å². The molecule has 6 heteroatoms. The summed E-state index contributed by atoms with van der Waals surface area (Å²) >= 11 is 0. The standard InChI is InChI=1S/C18H18N2O3S/c21-18-13-19(24(22,23)15-7-2-1-3-8-15)12-17-16-9-5-4-6-14(16)10-11-20(17)18/h1-9,17H,10-13H2/t17-/m0/s1. The van der Waals surface area contributed by atoms with Crippen molar-refractivity contribution in [2.24, 2.45) is 0 Å². The molecule has 0 N–H and O–H groups in total. The summed E-state index contributed by atoms with van der Waals surface area (Å²) in [7, 11) is -3.66. The lowest BCUT2D eigenvalue weighted by Gasteiger charge is -2.44. The smallest absolute Gasteiger partial charge is 0.243 e. The maximum Gasteiger partial charge on any atom is 0.243 e. The molecular formula is C18H18N2O3S. The number of nitrogens with zero attached hydrogens (tertiary/aromatic N) is 2. The van der Waals surface area contributed by atoms with Crippen LogP contribution in [0.4, 0.5) is 0 Å². The number of hydrogen-bond donors (Lipinski definition) is 0. The third-order valence-corrected chi connectivity index (χ3v) is 6.63. The van der Waals surface area contributed by atoms with Crippen LogP contribution in [0.25, 0.3) is 0 Å². The number of rotatable bonds is 2. The van der Waals surface area contributed by atoms with Crippen molar-refractivity contribution in [3.05, 3.63) is 65.7 Å². The molecule has 0 unspecified atom stereocenters. The van der Waals surface area contributed by atoms with Gasteiger partial charge < -0.3 is 4.90 Å². The van der Waals surface area contributed by atoms with Gasteiger partial charge in [0.2, 0.25) is 15.9 Å². The molecule has 1 fully saturated rings. The van der Waals surface area contributed by atoms with Gasteiger partial charge in [0, 0.05) is 13.1 Å². The maximum atomic E-state index is 12.9. The van der Waals surface area contributed by atoms with E-state index in [0.717, 1.165) is 12.0 Å². The summed E-state index contributed by atoms with van der Waals surface area (Å²) in [6, 6.07) is 16.1. The summed E-state index contributed by atoms with van der Waals surface area (Å²) in [5.74, 6) is -0.125. The highest BCUT2D eigenvalue weighted by atomic mass is 32.2. The summed E-state index contributed by atoms with van der Waals surface area (Å²) in [6.07, 6.45) is 0.823. The second kappa shape index (κ2) is 5.72. The Morgan fingerprint density at radius 3 is 2.46 bits per heavy atom. The molecule has 4 rings (SSSR count). The first-order valence-electron chi connectivity index (χ1n) is 8.00. The zero-order valence-electron chi connectivity index (χ0n) is 13.1. The normalized spacial score (nSPS) is 21.2. The van der Waals surface area contributed by atoms with E-state index in [0.29, 0.717) is 13.1 Å². The van der Waals surface area contributed by atoms with Gasteiger partial charge in [-0.05, 0) is 29.7 Å². The minimum absolute atomic E-state index is 0.0874. The average molecular weight is 342 g/mol. The van der Waals surface area contributed by atoms with E-state index in [4.69, 9.17) is 0 Å². The molecule has 1 amide bonds. The first-order valence-corrected chi connectivity index (χ1v) is 9.44. The SMILES string of the molecule is O=C1CN(S(=O)(=O)c2ccccc2)C[C@H]2c3ccccc3CCN12. The highest BCUT2D eigenvalue weighted by molar-refractivity contribution is 7.89. The molecule has 0 aromatic heterocycles. The zero-order chi connectivity index (χ0) is 16.7. The number of fused-ring (bicyclic) bond motifs is 3. The highest BCUT2D eigenvalue weighted by Crippen LogP contribution is 2.34. The van der Waals surface area contributed by atoms with E-state index in [1.807, 2.05) is 23.1 Å². The molecule has 2 aromatic rings. The number of hydrogen-bond acceptors (Lipinski definition) is 3. The van der Waals surface area contributed by atoms with Crippen LogP contribution in [0.3, 0.4) is 0 Å². The second-order valence-corrected chi connectivity index (χ2v) is 8.10. The average Bonchev–Trinajstić information content (AvgIpc) is 2.62. The van der Waals surface area contributed by atoms with Gasteiger partial charge in [-0.2, -0.15) is 4.31 Å². The molecule has 0 aliphatic carbocycles. The van der Waals surface area contributed by atoms with Gasteiger partial charge in [0.1, 0.15) is 0 Å². The molecule has 0 radical (unpaired) electrons. The van der Waals surface area contributed by atoms with Gasteiger partial charge in [-0.25, -0.2) is 8.42 Å². The molecule has 0 spiro atoms. The third kappa shape index (κ3) is 2.42. The lowest BCUT2D eigenvalue weighted by Crippen LogP contribution is -2.55. The second-order valence-electron chi connectivity index (χ2n) is 6.16. The van der Waals surface area contributed by atoms with Gasteiger partial charge in [0.15, 0.2) is 0 Å². The molecular weight excluding hydrogens is 324 g/mol. The number of sulfonamides is 1. The fraction of sp³-hybridized carbons (Fsp3) is 0.278. The van der Waals surface area contributed by atoms with Gasteiger partial charge >= 0.3 is 0 Å². The Kier molecular flexibility index (Phi) is 3.66. The van der Waals surface area contributed by atoms with Crippen LogP contribution in [0.1, 0.15) is 17.2 Å². The molecule has 5 nitrogen and oxygen atoms in total. The van der Waals surface area contributed by atoms with Crippen molar-refractivity contribution in [2.45, 2.75) is 17.4 Å². The van der Waals surface area contributed by atoms with Crippen LogP contribution in [0.15, 0.2) is 59.5 Å². The molecule has 124 valence electrons. The van der Waals surface area contributed by atoms with Crippen LogP contribution in [0.2, 0.25) is 0 Å². The van der Waals surface area contributed by atoms with Gasteiger partial charge in [-0.3, -0.25) is 4.79 Å². The van der Waals surface area contributed by atoms with Crippen LogP contribution >= 0.6 is 0 Å². The topological polar surface area (TPSA) is 57.7 Å². The van der Waals surface area contributed by atoms with Crippen molar-refractivity contribution >= 4 is 15.9 Å². The molecule has 2 aliphatic rings. The number of carbonyl (C=O) groups is 1. The van der Waals surface area contributed by atoms with E-state index in [1.165, 1.54) is 9.87 Å². The lowest BCUT2D eigenvalue weighted by atomic mass is 9.91. The Hall–Kier alpha value is -2.18. The van der Waals surface area contributed by atoms with Crippen molar-refractivity contribution in [3.63, 3.8) is 0 Å². The van der Waals surface area contributed by atoms with E-state index in [2.05, 4.69) is 6.07 Å². The summed E-state index contributed by atoms with van der Waals surface area (Å²) in [6.45, 7) is 0.871. The molecule has 1 atom stereocenters. The van der Waals surface area contributed by atoms with Crippen molar-refractivity contribution < 1.29 is 13.2 Å². The summed E-state index contributed by atoms with van der Waals surface area (Å²) < 4.78 is 27.1. The van der Waals surface area contributed by atoms with Crippen molar-refractivity contribution in [2.75, 3.05) is 19.6 Å². The maximum absolute atomic E-state index is 12.9. The van der Waals surface area contributed by atoms with Crippen LogP contribution in [0.5, 0.6) is 0 Å². The molecule has 2 aliphatic heterocycles. The highest BCUT2D eigenvalue weighted by Gasteiger charge is 2.41. The van der Waals surface area contributed by atoms with E-state index in [9.17, 15) is 13.2 Å². The Balaban J connectivity index is 1.71. The lowest BCUT2D eigenvalue weighted by molar-refractivity contribution is -0.138. The van der Waals surface area contributed by atoms with Gasteiger partial charge in [-0.1, -0.05) is 42.5 Å². The van der Waals surface area contributed by atoms with E-state index in [-0.39, 0.29) is 23.4 Å². The molecule has 0 bridgehead atoms. The van der Waals surface area contributed by atoms with Crippen LogP contribution in [0, 0.1) is 0 Å². The predicted octanol–water partition coefficient (Wildman–Crippen LogP) is 1.82. The van der Waals surface area contributed by atoms with Gasteiger partial charge in [0.05, 0.1) is 17.5 Å². The first-order chi connectivity index (χ1) is 11.6. The quantitative estimate of drug-likeness (QED) is 0.836. The Labute approximate surface area is 141 Å².